The third-order valence-corrected chi connectivity index (χ3v) is 1.27. The molecule has 0 bridgehead atoms. The van der Waals surface area contributed by atoms with E-state index in [2.05, 4.69) is 4.74 Å². The molecule has 0 radical (unpaired) electrons. The lowest BCUT2D eigenvalue weighted by molar-refractivity contribution is -0.135. The van der Waals surface area contributed by atoms with Crippen LogP contribution in [0.1, 0.15) is 20.8 Å². The molecule has 80 valence electrons. The summed E-state index contributed by atoms with van der Waals surface area (Å²) in [6.07, 6.45) is 4.55. The van der Waals surface area contributed by atoms with Crippen molar-refractivity contribution in [3.8, 4) is 0 Å². The molecule has 0 aliphatic rings. The molecule has 0 aromatic rings. The fraction of sp³-hybridized carbons (Fsp3) is 0.400. The van der Waals surface area contributed by atoms with Crippen molar-refractivity contribution in [2.45, 2.75) is 20.8 Å². The highest BCUT2D eigenvalue weighted by atomic mass is 16.5. The molecule has 0 spiro atoms. The monoisotopic (exact) mass is 200 g/mol. The van der Waals surface area contributed by atoms with Gasteiger partial charge in [-0.3, -0.25) is 0 Å². The minimum Gasteiger partial charge on any atom is -0.478 e. The Morgan fingerprint density at radius 2 is 1.79 bits per heavy atom. The Labute approximate surface area is 83.9 Å². The van der Waals surface area contributed by atoms with E-state index in [9.17, 15) is 9.59 Å². The molecule has 0 aliphatic heterocycles. The zero-order valence-corrected chi connectivity index (χ0v) is 8.90. The topological polar surface area (TPSA) is 63.6 Å². The number of ether oxygens (including phenoxy) is 1. The van der Waals surface area contributed by atoms with Gasteiger partial charge in [-0.05, 0) is 20.8 Å². The summed E-state index contributed by atoms with van der Waals surface area (Å²) in [5.41, 5.74) is 0.389. The van der Waals surface area contributed by atoms with Gasteiger partial charge >= 0.3 is 11.9 Å². The molecule has 0 rings (SSSR count). The van der Waals surface area contributed by atoms with Gasteiger partial charge in [0, 0.05) is 11.6 Å². The molecule has 0 saturated heterocycles. The van der Waals surface area contributed by atoms with Gasteiger partial charge in [-0.25, -0.2) is 9.59 Å². The Hall–Kier alpha value is -1.58. The predicted molar refractivity (Wildman–Crippen MR) is 53.9 cm³/mol. The van der Waals surface area contributed by atoms with Crippen molar-refractivity contribution in [1.29, 1.82) is 0 Å². The van der Waals surface area contributed by atoms with E-state index in [1.807, 2.05) is 0 Å². The second kappa shape index (κ2) is 9.51. The summed E-state index contributed by atoms with van der Waals surface area (Å²) >= 11 is 0. The number of carboxylic acid groups (broad SMARTS) is 1. The number of hydrogen-bond acceptors (Lipinski definition) is 3. The summed E-state index contributed by atoms with van der Waals surface area (Å²) < 4.78 is 4.26. The standard InChI is InChI=1S/2C5H8O2/c1-3-4-5(6)7-2;1-3-4(2)5(6)7/h3-4H,1-2H3;3H,1-2H3,(H,6,7). The van der Waals surface area contributed by atoms with Gasteiger partial charge < -0.3 is 9.84 Å². The lowest BCUT2D eigenvalue weighted by atomic mass is 10.3. The van der Waals surface area contributed by atoms with Crippen molar-refractivity contribution >= 4 is 11.9 Å². The molecule has 0 aromatic carbocycles. The summed E-state index contributed by atoms with van der Waals surface area (Å²) in [4.78, 5) is 20.0. The largest absolute Gasteiger partial charge is 0.478 e. The van der Waals surface area contributed by atoms with Gasteiger partial charge in [0.1, 0.15) is 0 Å². The van der Waals surface area contributed by atoms with E-state index in [-0.39, 0.29) is 5.97 Å². The van der Waals surface area contributed by atoms with Crippen molar-refractivity contribution < 1.29 is 19.4 Å². The van der Waals surface area contributed by atoms with E-state index in [4.69, 9.17) is 5.11 Å². The second-order valence-electron chi connectivity index (χ2n) is 2.30. The third kappa shape index (κ3) is 10.4. The Balaban J connectivity index is 0. The molecule has 4 heteroatoms. The van der Waals surface area contributed by atoms with E-state index in [0.717, 1.165) is 0 Å². The number of aliphatic carboxylic acids is 1. The molecule has 14 heavy (non-hydrogen) atoms. The molecule has 0 aromatic heterocycles. The molecule has 0 atom stereocenters. The van der Waals surface area contributed by atoms with Gasteiger partial charge in [0.15, 0.2) is 0 Å². The number of rotatable bonds is 2. The summed E-state index contributed by atoms with van der Waals surface area (Å²) in [6.45, 7) is 5.02. The first kappa shape index (κ1) is 14.9. The highest BCUT2D eigenvalue weighted by Gasteiger charge is 1.93. The number of esters is 1. The molecule has 0 aliphatic carbocycles. The molecule has 0 fully saturated rings. The van der Waals surface area contributed by atoms with Crippen LogP contribution in [0.15, 0.2) is 23.8 Å². The van der Waals surface area contributed by atoms with Crippen LogP contribution in [0.3, 0.4) is 0 Å². The number of hydrogen-bond donors (Lipinski definition) is 1. The number of carbonyl (C=O) groups excluding carboxylic acids is 1. The van der Waals surface area contributed by atoms with Crippen LogP contribution in [0.5, 0.6) is 0 Å². The summed E-state index contributed by atoms with van der Waals surface area (Å²) in [5.74, 6) is -1.15. The average Bonchev–Trinajstić information content (AvgIpc) is 2.17. The number of methoxy groups -OCH3 is 1. The van der Waals surface area contributed by atoms with E-state index in [1.54, 1.807) is 32.9 Å². The molecular weight excluding hydrogens is 184 g/mol. The minimum atomic E-state index is -0.845. The van der Waals surface area contributed by atoms with Crippen LogP contribution < -0.4 is 0 Å². The van der Waals surface area contributed by atoms with Crippen LogP contribution in [0.2, 0.25) is 0 Å². The summed E-state index contributed by atoms with van der Waals surface area (Å²) in [7, 11) is 1.35. The van der Waals surface area contributed by atoms with Crippen LogP contribution in [-0.2, 0) is 14.3 Å². The van der Waals surface area contributed by atoms with Crippen LogP contribution in [-0.4, -0.2) is 24.2 Å². The lowest BCUT2D eigenvalue weighted by Crippen LogP contribution is -1.93. The van der Waals surface area contributed by atoms with Gasteiger partial charge in [-0.15, -0.1) is 0 Å². The Kier molecular flexibility index (Phi) is 10.1. The molecule has 0 heterocycles. The number of carbonyl (C=O) groups is 2. The van der Waals surface area contributed by atoms with Gasteiger partial charge in [0.2, 0.25) is 0 Å². The highest BCUT2D eigenvalue weighted by molar-refractivity contribution is 5.85. The fourth-order valence-electron chi connectivity index (χ4n) is 0.328. The maximum atomic E-state index is 10.1. The summed E-state index contributed by atoms with van der Waals surface area (Å²) in [6, 6.07) is 0. The van der Waals surface area contributed by atoms with Crippen LogP contribution >= 0.6 is 0 Å². The van der Waals surface area contributed by atoms with Crippen LogP contribution in [0.4, 0.5) is 0 Å². The van der Waals surface area contributed by atoms with Crippen molar-refractivity contribution in [2.75, 3.05) is 7.11 Å². The number of carboxylic acids is 1. The normalized spacial score (nSPS) is 10.4. The van der Waals surface area contributed by atoms with Gasteiger partial charge in [-0.2, -0.15) is 0 Å². The second-order valence-corrected chi connectivity index (χ2v) is 2.30. The first-order chi connectivity index (χ1) is 6.49. The molecule has 0 amide bonds. The third-order valence-electron chi connectivity index (χ3n) is 1.27. The van der Waals surface area contributed by atoms with Crippen molar-refractivity contribution in [3.05, 3.63) is 23.8 Å². The Bertz CT molecular complexity index is 237. The van der Waals surface area contributed by atoms with Crippen molar-refractivity contribution in [2.24, 2.45) is 0 Å². The first-order valence-corrected chi connectivity index (χ1v) is 4.06. The molecule has 1 N–H and O–H groups in total. The van der Waals surface area contributed by atoms with E-state index in [0.29, 0.717) is 5.57 Å². The van der Waals surface area contributed by atoms with E-state index in [1.165, 1.54) is 13.2 Å². The Morgan fingerprint density at radius 1 is 1.29 bits per heavy atom. The fourth-order valence-corrected chi connectivity index (χ4v) is 0.328. The first-order valence-electron chi connectivity index (χ1n) is 4.06. The molecule has 0 saturated carbocycles. The molecule has 4 nitrogen and oxygen atoms in total. The maximum absolute atomic E-state index is 10.1. The van der Waals surface area contributed by atoms with Gasteiger partial charge in [0.25, 0.3) is 0 Å². The quantitative estimate of drug-likeness (QED) is 0.545. The van der Waals surface area contributed by atoms with Crippen LogP contribution in [0.25, 0.3) is 0 Å². The Morgan fingerprint density at radius 3 is 1.86 bits per heavy atom. The lowest BCUT2D eigenvalue weighted by Gasteiger charge is -1.84. The van der Waals surface area contributed by atoms with Gasteiger partial charge in [-0.1, -0.05) is 12.2 Å². The number of allylic oxidation sites excluding steroid dienone is 2. The maximum Gasteiger partial charge on any atom is 0.330 e. The zero-order valence-electron chi connectivity index (χ0n) is 8.90. The van der Waals surface area contributed by atoms with Crippen molar-refractivity contribution in [1.82, 2.24) is 0 Å². The minimum absolute atomic E-state index is 0.303. The highest BCUT2D eigenvalue weighted by Crippen LogP contribution is 1.87. The van der Waals surface area contributed by atoms with Crippen molar-refractivity contribution in [3.63, 3.8) is 0 Å². The van der Waals surface area contributed by atoms with Gasteiger partial charge in [0.05, 0.1) is 7.11 Å². The SMILES string of the molecule is CC=C(C)C(=O)O.CC=CC(=O)OC. The smallest absolute Gasteiger partial charge is 0.330 e. The summed E-state index contributed by atoms with van der Waals surface area (Å²) in [5, 5.41) is 8.11. The average molecular weight is 200 g/mol. The molecule has 0 unspecified atom stereocenters. The predicted octanol–water partition coefficient (Wildman–Crippen LogP) is 1.77. The zero-order chi connectivity index (χ0) is 11.6. The van der Waals surface area contributed by atoms with E-state index < -0.39 is 5.97 Å². The van der Waals surface area contributed by atoms with E-state index >= 15 is 0 Å². The van der Waals surface area contributed by atoms with Crippen LogP contribution in [0, 0.1) is 0 Å². The molecular formula is C10H16O4.